The summed E-state index contributed by atoms with van der Waals surface area (Å²) in [6, 6.07) is 15.5. The molecule has 144 valence electrons. The fraction of sp³-hybridized carbons (Fsp3) is 0.227. The van der Waals surface area contributed by atoms with Crippen LogP contribution in [0.1, 0.15) is 24.5 Å². The summed E-state index contributed by atoms with van der Waals surface area (Å²) < 4.78 is 5.52. The molecule has 28 heavy (non-hydrogen) atoms. The number of rotatable bonds is 8. The largest absolute Gasteiger partial charge is 0.484 e. The molecule has 0 unspecified atom stereocenters. The van der Waals surface area contributed by atoms with Crippen molar-refractivity contribution in [1.82, 2.24) is 4.98 Å². The predicted molar refractivity (Wildman–Crippen MR) is 112 cm³/mol. The predicted octanol–water partition coefficient (Wildman–Crippen LogP) is 4.66. The number of thiazole rings is 1. The summed E-state index contributed by atoms with van der Waals surface area (Å²) in [4.78, 5) is 27.6. The van der Waals surface area contributed by atoms with Gasteiger partial charge in [0.1, 0.15) is 11.5 Å². The minimum atomic E-state index is -0.259. The van der Waals surface area contributed by atoms with Crippen molar-refractivity contribution in [3.8, 4) is 17.0 Å². The van der Waals surface area contributed by atoms with Gasteiger partial charge in [-0.05, 0) is 38.0 Å². The number of Topliss-reactive ketones (excluding diaryl/α,β-unsaturated/α-hetero) is 1. The van der Waals surface area contributed by atoms with Crippen LogP contribution in [0.15, 0.2) is 53.9 Å². The lowest BCUT2D eigenvalue weighted by atomic mass is 10.1. The molecular weight excluding hydrogens is 372 g/mol. The van der Waals surface area contributed by atoms with Crippen molar-refractivity contribution in [2.24, 2.45) is 0 Å². The Kier molecular flexibility index (Phi) is 6.55. The molecule has 5 nitrogen and oxygen atoms in total. The second kappa shape index (κ2) is 9.28. The molecule has 1 aromatic heterocycles. The smallest absolute Gasteiger partial charge is 0.264 e. The van der Waals surface area contributed by atoms with Crippen molar-refractivity contribution in [3.05, 3.63) is 65.0 Å². The van der Waals surface area contributed by atoms with Gasteiger partial charge in [0.15, 0.2) is 11.7 Å². The summed E-state index contributed by atoms with van der Waals surface area (Å²) in [7, 11) is 0. The van der Waals surface area contributed by atoms with Gasteiger partial charge in [-0.15, -0.1) is 11.3 Å². The Bertz CT molecular complexity index is 947. The van der Waals surface area contributed by atoms with Crippen LogP contribution in [0, 0.1) is 6.92 Å². The molecule has 0 fully saturated rings. The standard InChI is InChI=1S/C22H22N2O3S/c1-15-3-9-18(10-4-15)20-14-28-22(23-20)24-21(26)13-27-19-11-7-17(8-12-19)6-5-16(2)25/h3-4,7-12,14H,5-6,13H2,1-2H3,(H,23,24,26). The highest BCUT2D eigenvalue weighted by atomic mass is 32.1. The number of nitrogens with zero attached hydrogens (tertiary/aromatic N) is 1. The normalized spacial score (nSPS) is 10.5. The molecule has 2 aromatic carbocycles. The summed E-state index contributed by atoms with van der Waals surface area (Å²) in [6.45, 7) is 3.53. The van der Waals surface area contributed by atoms with Gasteiger partial charge < -0.3 is 9.53 Å². The van der Waals surface area contributed by atoms with Gasteiger partial charge in [0.05, 0.1) is 5.69 Å². The third-order valence-electron chi connectivity index (χ3n) is 4.16. The van der Waals surface area contributed by atoms with Crippen LogP contribution in [0.3, 0.4) is 0 Å². The first-order chi connectivity index (χ1) is 13.5. The summed E-state index contributed by atoms with van der Waals surface area (Å²) >= 11 is 1.38. The minimum Gasteiger partial charge on any atom is -0.484 e. The Labute approximate surface area is 168 Å². The number of anilines is 1. The lowest BCUT2D eigenvalue weighted by Gasteiger charge is -2.07. The van der Waals surface area contributed by atoms with Crippen LogP contribution in [-0.4, -0.2) is 23.3 Å². The third kappa shape index (κ3) is 5.76. The second-order valence-corrected chi connectivity index (χ2v) is 7.44. The molecule has 0 radical (unpaired) electrons. The van der Waals surface area contributed by atoms with Gasteiger partial charge in [-0.3, -0.25) is 10.1 Å². The molecule has 0 aliphatic heterocycles. The van der Waals surface area contributed by atoms with Gasteiger partial charge in [0.25, 0.3) is 5.91 Å². The Morgan fingerprint density at radius 1 is 1.07 bits per heavy atom. The SMILES string of the molecule is CC(=O)CCc1ccc(OCC(=O)Nc2nc(-c3ccc(C)cc3)cs2)cc1. The average molecular weight is 394 g/mol. The summed E-state index contributed by atoms with van der Waals surface area (Å²) in [5.41, 5.74) is 4.11. The maximum absolute atomic E-state index is 12.1. The molecule has 3 rings (SSSR count). The molecule has 0 bridgehead atoms. The van der Waals surface area contributed by atoms with E-state index in [1.807, 2.05) is 60.8 Å². The van der Waals surface area contributed by atoms with Crippen LogP contribution in [0.4, 0.5) is 5.13 Å². The maximum atomic E-state index is 12.1. The number of amides is 1. The second-order valence-electron chi connectivity index (χ2n) is 6.59. The molecule has 0 spiro atoms. The van der Waals surface area contributed by atoms with Crippen LogP contribution in [0.25, 0.3) is 11.3 Å². The summed E-state index contributed by atoms with van der Waals surface area (Å²) in [5, 5.41) is 5.23. The van der Waals surface area contributed by atoms with Crippen LogP contribution in [0.5, 0.6) is 5.75 Å². The van der Waals surface area contributed by atoms with E-state index in [2.05, 4.69) is 10.3 Å². The molecule has 1 heterocycles. The molecule has 1 amide bonds. The molecule has 0 aliphatic rings. The highest BCUT2D eigenvalue weighted by Gasteiger charge is 2.09. The van der Waals surface area contributed by atoms with Crippen molar-refractivity contribution in [2.75, 3.05) is 11.9 Å². The van der Waals surface area contributed by atoms with E-state index in [4.69, 9.17) is 4.74 Å². The maximum Gasteiger partial charge on any atom is 0.264 e. The van der Waals surface area contributed by atoms with E-state index in [-0.39, 0.29) is 18.3 Å². The van der Waals surface area contributed by atoms with Crippen molar-refractivity contribution in [3.63, 3.8) is 0 Å². The van der Waals surface area contributed by atoms with Crippen molar-refractivity contribution < 1.29 is 14.3 Å². The van der Waals surface area contributed by atoms with Crippen molar-refractivity contribution in [1.29, 1.82) is 0 Å². The Morgan fingerprint density at radius 2 is 1.79 bits per heavy atom. The first kappa shape index (κ1) is 19.8. The van der Waals surface area contributed by atoms with E-state index < -0.39 is 0 Å². The summed E-state index contributed by atoms with van der Waals surface area (Å²) in [5.74, 6) is 0.524. The number of hydrogen-bond acceptors (Lipinski definition) is 5. The number of benzene rings is 2. The molecule has 3 aromatic rings. The van der Waals surface area contributed by atoms with Gasteiger partial charge in [0, 0.05) is 17.4 Å². The number of carbonyl (C=O) groups excluding carboxylic acids is 2. The van der Waals surface area contributed by atoms with Gasteiger partial charge in [0.2, 0.25) is 0 Å². The zero-order valence-electron chi connectivity index (χ0n) is 15.9. The van der Waals surface area contributed by atoms with Crippen LogP contribution in [-0.2, 0) is 16.0 Å². The number of ether oxygens (including phenoxy) is 1. The van der Waals surface area contributed by atoms with Gasteiger partial charge in [-0.2, -0.15) is 0 Å². The molecule has 0 aliphatic carbocycles. The van der Waals surface area contributed by atoms with Crippen molar-refractivity contribution in [2.45, 2.75) is 26.7 Å². The van der Waals surface area contributed by atoms with Crippen LogP contribution in [0.2, 0.25) is 0 Å². The highest BCUT2D eigenvalue weighted by Crippen LogP contribution is 2.25. The molecule has 0 saturated carbocycles. The Hall–Kier alpha value is -2.99. The fourth-order valence-electron chi connectivity index (χ4n) is 2.57. The van der Waals surface area contributed by atoms with E-state index in [0.29, 0.717) is 23.7 Å². The number of carbonyl (C=O) groups is 2. The molecule has 6 heteroatoms. The number of ketones is 1. The van der Waals surface area contributed by atoms with E-state index in [0.717, 1.165) is 16.8 Å². The first-order valence-corrected chi connectivity index (χ1v) is 9.91. The van der Waals surface area contributed by atoms with Gasteiger partial charge >= 0.3 is 0 Å². The molecule has 0 saturated heterocycles. The first-order valence-electron chi connectivity index (χ1n) is 9.03. The van der Waals surface area contributed by atoms with Crippen LogP contribution >= 0.6 is 11.3 Å². The highest BCUT2D eigenvalue weighted by molar-refractivity contribution is 7.14. The van der Waals surface area contributed by atoms with E-state index in [9.17, 15) is 9.59 Å². The monoisotopic (exact) mass is 394 g/mol. The number of hydrogen-bond donors (Lipinski definition) is 1. The van der Waals surface area contributed by atoms with E-state index >= 15 is 0 Å². The lowest BCUT2D eigenvalue weighted by Crippen LogP contribution is -2.20. The molecule has 0 atom stereocenters. The third-order valence-corrected chi connectivity index (χ3v) is 4.91. The average Bonchev–Trinajstić information content (AvgIpc) is 3.14. The van der Waals surface area contributed by atoms with E-state index in [1.54, 1.807) is 6.92 Å². The van der Waals surface area contributed by atoms with Crippen molar-refractivity contribution >= 4 is 28.2 Å². The van der Waals surface area contributed by atoms with Crippen LogP contribution < -0.4 is 10.1 Å². The quantitative estimate of drug-likeness (QED) is 0.603. The molecule has 1 N–H and O–H groups in total. The van der Waals surface area contributed by atoms with E-state index in [1.165, 1.54) is 16.9 Å². The zero-order chi connectivity index (χ0) is 19.9. The minimum absolute atomic E-state index is 0.0910. The number of aryl methyl sites for hydroxylation is 2. The topological polar surface area (TPSA) is 68.3 Å². The molecular formula is C22H22N2O3S. The number of aromatic nitrogens is 1. The fourth-order valence-corrected chi connectivity index (χ4v) is 3.30. The lowest BCUT2D eigenvalue weighted by molar-refractivity contribution is -0.118. The Morgan fingerprint density at radius 3 is 2.46 bits per heavy atom. The zero-order valence-corrected chi connectivity index (χ0v) is 16.7. The Balaban J connectivity index is 1.49. The van der Waals surface area contributed by atoms with Gasteiger partial charge in [-0.25, -0.2) is 4.98 Å². The summed E-state index contributed by atoms with van der Waals surface area (Å²) in [6.07, 6.45) is 1.24. The van der Waals surface area contributed by atoms with Gasteiger partial charge in [-0.1, -0.05) is 42.0 Å². The number of nitrogens with one attached hydrogen (secondary N) is 1.